The highest BCUT2D eigenvalue weighted by molar-refractivity contribution is 6.30. The van der Waals surface area contributed by atoms with Crippen LogP contribution < -0.4 is 16.4 Å². The molecule has 48 heavy (non-hydrogen) atoms. The maximum atomic E-state index is 14.2. The highest BCUT2D eigenvalue weighted by Gasteiger charge is 2.33. The molecule has 2 aromatic heterocycles. The van der Waals surface area contributed by atoms with Crippen molar-refractivity contribution < 1.29 is 22.7 Å². The van der Waals surface area contributed by atoms with Crippen molar-refractivity contribution in [1.82, 2.24) is 20.2 Å². The van der Waals surface area contributed by atoms with E-state index in [9.17, 15) is 22.8 Å². The number of pyridine rings is 1. The Morgan fingerprint density at radius 1 is 0.979 bits per heavy atom. The van der Waals surface area contributed by atoms with Gasteiger partial charge >= 0.3 is 6.18 Å². The average molecular weight is 673 g/mol. The molecule has 0 saturated carbocycles. The van der Waals surface area contributed by atoms with E-state index in [0.29, 0.717) is 33.0 Å². The fourth-order valence-corrected chi connectivity index (χ4v) is 4.93. The lowest BCUT2D eigenvalue weighted by atomic mass is 9.96. The Bertz CT molecular complexity index is 2030. The summed E-state index contributed by atoms with van der Waals surface area (Å²) in [5, 5.41) is 4.97. The molecule has 5 aromatic rings. The number of aromatic nitrogens is 3. The molecule has 13 heteroatoms. The number of rotatable bonds is 10. The van der Waals surface area contributed by atoms with E-state index in [2.05, 4.69) is 25.8 Å². The standard InChI is InChI=1S/C35H28ClF3N6O3/c1-21-26(13-18-29(41-21)35(37,38)39)19-45-34(47)31(25-11-16-28(40-3)17-12-25)30(24-9-14-27(36)15-10-24)32(44-45)42-43-33(46)22(2)48-20-23-7-5-4-6-8-23/h4-18,22H,19-20H2,1-2H3,(H,42,44)(H,43,46)/t22-/m1/s1. The van der Waals surface area contributed by atoms with Crippen LogP contribution in [0.5, 0.6) is 0 Å². The van der Waals surface area contributed by atoms with Gasteiger partial charge in [-0.25, -0.2) is 14.5 Å². The molecule has 0 unspecified atom stereocenters. The van der Waals surface area contributed by atoms with Crippen LogP contribution in [0.1, 0.15) is 29.4 Å². The van der Waals surface area contributed by atoms with Gasteiger partial charge in [-0.3, -0.25) is 20.4 Å². The van der Waals surface area contributed by atoms with E-state index in [1.54, 1.807) is 55.5 Å². The molecular weight excluding hydrogens is 645 g/mol. The number of hydrogen-bond donors (Lipinski definition) is 2. The topological polar surface area (TPSA) is 102 Å². The normalized spacial score (nSPS) is 11.9. The number of carbonyl (C=O) groups is 1. The first kappa shape index (κ1) is 33.8. The highest BCUT2D eigenvalue weighted by Crippen LogP contribution is 2.36. The predicted octanol–water partition coefficient (Wildman–Crippen LogP) is 7.60. The number of hydrogen-bond acceptors (Lipinski definition) is 6. The minimum Gasteiger partial charge on any atom is -0.364 e. The van der Waals surface area contributed by atoms with Gasteiger partial charge in [0.2, 0.25) is 0 Å². The maximum absolute atomic E-state index is 14.2. The summed E-state index contributed by atoms with van der Waals surface area (Å²) in [5.41, 5.74) is 6.85. The van der Waals surface area contributed by atoms with E-state index in [1.807, 2.05) is 30.3 Å². The van der Waals surface area contributed by atoms with Crippen LogP contribution in [0.4, 0.5) is 24.7 Å². The Morgan fingerprint density at radius 3 is 2.25 bits per heavy atom. The van der Waals surface area contributed by atoms with Crippen molar-refractivity contribution in [3.05, 3.63) is 140 Å². The molecule has 0 aliphatic carbocycles. The Labute approximate surface area is 278 Å². The van der Waals surface area contributed by atoms with Crippen LogP contribution in [-0.2, 0) is 28.9 Å². The van der Waals surface area contributed by atoms with Gasteiger partial charge in [0, 0.05) is 16.3 Å². The number of anilines is 1. The molecule has 1 atom stereocenters. The third kappa shape index (κ3) is 7.88. The van der Waals surface area contributed by atoms with Crippen molar-refractivity contribution in [1.29, 1.82) is 0 Å². The zero-order chi connectivity index (χ0) is 34.4. The van der Waals surface area contributed by atoms with Crippen LogP contribution in [0.3, 0.4) is 0 Å². The van der Waals surface area contributed by atoms with Gasteiger partial charge in [-0.05, 0) is 54.3 Å². The number of aryl methyl sites for hydroxylation is 1. The second-order valence-corrected chi connectivity index (χ2v) is 11.2. The fourth-order valence-electron chi connectivity index (χ4n) is 4.80. The van der Waals surface area contributed by atoms with Gasteiger partial charge in [0.15, 0.2) is 11.5 Å². The number of hydrazine groups is 1. The lowest BCUT2D eigenvalue weighted by molar-refractivity contribution is -0.141. The number of ether oxygens (including phenoxy) is 1. The maximum Gasteiger partial charge on any atom is 0.433 e. The SMILES string of the molecule is [C-]#[N+]c1ccc(-c2c(-c3ccc(Cl)cc3)c(NNC(=O)[C@@H](C)OCc3ccccc3)nn(Cc3ccc(C(F)(F)F)nc3C)c2=O)cc1. The summed E-state index contributed by atoms with van der Waals surface area (Å²) in [6.07, 6.45) is -5.52. The van der Waals surface area contributed by atoms with Gasteiger partial charge in [0.1, 0.15) is 11.8 Å². The van der Waals surface area contributed by atoms with Gasteiger partial charge in [-0.2, -0.15) is 13.2 Å². The summed E-state index contributed by atoms with van der Waals surface area (Å²) in [6.45, 7) is 10.3. The number of carbonyl (C=O) groups excluding carboxylic acids is 1. The molecule has 9 nitrogen and oxygen atoms in total. The van der Waals surface area contributed by atoms with Gasteiger partial charge in [-0.15, -0.1) is 5.10 Å². The lowest BCUT2D eigenvalue weighted by Gasteiger charge is -2.20. The number of nitrogens with one attached hydrogen (secondary N) is 2. The van der Waals surface area contributed by atoms with Crippen LogP contribution in [-0.4, -0.2) is 26.8 Å². The van der Waals surface area contributed by atoms with Gasteiger partial charge < -0.3 is 4.74 Å². The van der Waals surface area contributed by atoms with Crippen LogP contribution in [0, 0.1) is 13.5 Å². The zero-order valence-electron chi connectivity index (χ0n) is 25.7. The van der Waals surface area contributed by atoms with Crippen LogP contribution >= 0.6 is 11.6 Å². The molecule has 0 fully saturated rings. The van der Waals surface area contributed by atoms with Crippen LogP contribution in [0.15, 0.2) is 95.8 Å². The van der Waals surface area contributed by atoms with Crippen molar-refractivity contribution in [3.8, 4) is 22.3 Å². The van der Waals surface area contributed by atoms with Gasteiger partial charge in [-0.1, -0.05) is 84.4 Å². The summed E-state index contributed by atoms with van der Waals surface area (Å²) in [5.74, 6) is -0.472. The Hall–Kier alpha value is -5.51. The molecule has 2 heterocycles. The molecule has 1 amide bonds. The minimum atomic E-state index is -4.64. The van der Waals surface area contributed by atoms with E-state index >= 15 is 0 Å². The molecule has 0 saturated heterocycles. The Balaban J connectivity index is 1.59. The van der Waals surface area contributed by atoms with E-state index in [0.717, 1.165) is 16.3 Å². The quantitative estimate of drug-likeness (QED) is 0.117. The third-order valence-electron chi connectivity index (χ3n) is 7.40. The second kappa shape index (κ2) is 14.5. The lowest BCUT2D eigenvalue weighted by Crippen LogP contribution is -2.39. The largest absolute Gasteiger partial charge is 0.433 e. The van der Waals surface area contributed by atoms with Gasteiger partial charge in [0.25, 0.3) is 11.5 Å². The van der Waals surface area contributed by atoms with E-state index in [1.165, 1.54) is 13.0 Å². The average Bonchev–Trinajstić information content (AvgIpc) is 3.08. The van der Waals surface area contributed by atoms with Crippen LogP contribution in [0.25, 0.3) is 27.1 Å². The minimum absolute atomic E-state index is 0.0577. The summed E-state index contributed by atoms with van der Waals surface area (Å²) < 4.78 is 46.7. The van der Waals surface area contributed by atoms with E-state index in [-0.39, 0.29) is 30.2 Å². The first-order chi connectivity index (χ1) is 22.9. The van der Waals surface area contributed by atoms with E-state index in [4.69, 9.17) is 22.9 Å². The molecule has 2 N–H and O–H groups in total. The molecular formula is C35H28ClF3N6O3. The molecule has 0 aliphatic heterocycles. The summed E-state index contributed by atoms with van der Waals surface area (Å²) >= 11 is 6.17. The van der Waals surface area contributed by atoms with E-state index < -0.39 is 29.4 Å². The van der Waals surface area contributed by atoms with Gasteiger partial charge in [0.05, 0.1) is 25.3 Å². The molecule has 5 rings (SSSR count). The summed E-state index contributed by atoms with van der Waals surface area (Å²) in [4.78, 5) is 34.5. The molecule has 244 valence electrons. The Morgan fingerprint density at radius 2 is 1.62 bits per heavy atom. The third-order valence-corrected chi connectivity index (χ3v) is 7.65. The first-order valence-corrected chi connectivity index (χ1v) is 15.0. The number of alkyl halides is 3. The number of amides is 1. The van der Waals surface area contributed by atoms with Crippen molar-refractivity contribution in [3.63, 3.8) is 0 Å². The predicted molar refractivity (Wildman–Crippen MR) is 176 cm³/mol. The van der Waals surface area contributed by atoms with Crippen molar-refractivity contribution >= 4 is 29.0 Å². The summed E-state index contributed by atoms with van der Waals surface area (Å²) in [6, 6.07) is 24.4. The van der Waals surface area contributed by atoms with Crippen molar-refractivity contribution in [2.75, 3.05) is 5.43 Å². The Kier molecular flexibility index (Phi) is 10.2. The monoisotopic (exact) mass is 672 g/mol. The smallest absolute Gasteiger partial charge is 0.364 e. The molecule has 0 bridgehead atoms. The molecule has 0 radical (unpaired) electrons. The first-order valence-electron chi connectivity index (χ1n) is 14.6. The fraction of sp³-hybridized carbons (Fsp3) is 0.171. The zero-order valence-corrected chi connectivity index (χ0v) is 26.4. The molecule has 0 spiro atoms. The summed E-state index contributed by atoms with van der Waals surface area (Å²) in [7, 11) is 0. The highest BCUT2D eigenvalue weighted by atomic mass is 35.5. The number of halogens is 4. The van der Waals surface area contributed by atoms with Crippen LogP contribution in [0.2, 0.25) is 5.02 Å². The molecule has 0 aliphatic rings. The van der Waals surface area contributed by atoms with Crippen molar-refractivity contribution in [2.45, 2.75) is 39.3 Å². The second-order valence-electron chi connectivity index (χ2n) is 10.7. The molecule has 3 aromatic carbocycles. The van der Waals surface area contributed by atoms with Crippen molar-refractivity contribution in [2.24, 2.45) is 0 Å². The number of nitrogens with zero attached hydrogens (tertiary/aromatic N) is 4. The number of benzene rings is 3.